The van der Waals surface area contributed by atoms with Crippen molar-refractivity contribution in [2.45, 2.75) is 38.2 Å². The first-order valence-electron chi connectivity index (χ1n) is 5.34. The summed E-state index contributed by atoms with van der Waals surface area (Å²) in [5.74, 6) is 0.707. The summed E-state index contributed by atoms with van der Waals surface area (Å²) in [6, 6.07) is 0. The maximum atomic E-state index is 6.20. The van der Waals surface area contributed by atoms with Crippen LogP contribution in [-0.4, -0.2) is 42.6 Å². The number of alkyl halides is 1. The zero-order valence-corrected chi connectivity index (χ0v) is 10.5. The lowest BCUT2D eigenvalue weighted by Crippen LogP contribution is -2.47. The predicted octanol–water partition coefficient (Wildman–Crippen LogP) is 2.36. The smallest absolute Gasteiger partial charge is 0.0749 e. The third-order valence-electron chi connectivity index (χ3n) is 2.84. The first-order valence-corrected chi connectivity index (χ1v) is 5.78. The Kier molecular flexibility index (Phi) is 4.23. The number of nitrogens with zero attached hydrogens (tertiary/aromatic N) is 1. The fourth-order valence-corrected chi connectivity index (χ4v) is 2.61. The van der Waals surface area contributed by atoms with Gasteiger partial charge in [-0.2, -0.15) is 0 Å². The predicted molar refractivity (Wildman–Crippen MR) is 61.0 cm³/mol. The van der Waals surface area contributed by atoms with Gasteiger partial charge < -0.3 is 4.74 Å². The van der Waals surface area contributed by atoms with Crippen molar-refractivity contribution in [3.63, 3.8) is 0 Å². The van der Waals surface area contributed by atoms with Gasteiger partial charge in [0, 0.05) is 32.1 Å². The molecule has 0 saturated carbocycles. The van der Waals surface area contributed by atoms with Crippen molar-refractivity contribution in [3.8, 4) is 0 Å². The van der Waals surface area contributed by atoms with Crippen LogP contribution in [0.1, 0.15) is 27.2 Å². The van der Waals surface area contributed by atoms with Crippen LogP contribution in [0.3, 0.4) is 0 Å². The minimum Gasteiger partial charge on any atom is -0.377 e. The van der Waals surface area contributed by atoms with E-state index in [1.165, 1.54) is 0 Å². The molecule has 2 unspecified atom stereocenters. The van der Waals surface area contributed by atoms with E-state index in [2.05, 4.69) is 25.7 Å². The van der Waals surface area contributed by atoms with Gasteiger partial charge in [0.25, 0.3) is 0 Å². The third kappa shape index (κ3) is 3.76. The SMILES string of the molecule is COC(C)(C)CN1CC(C)CC(Cl)C1. The molecule has 1 heterocycles. The van der Waals surface area contributed by atoms with Gasteiger partial charge in [-0.25, -0.2) is 0 Å². The van der Waals surface area contributed by atoms with E-state index in [9.17, 15) is 0 Å². The highest BCUT2D eigenvalue weighted by Crippen LogP contribution is 2.22. The van der Waals surface area contributed by atoms with E-state index in [0.717, 1.165) is 26.1 Å². The average molecular weight is 220 g/mol. The molecular weight excluding hydrogens is 198 g/mol. The van der Waals surface area contributed by atoms with Crippen LogP contribution in [0.5, 0.6) is 0 Å². The monoisotopic (exact) mass is 219 g/mol. The lowest BCUT2D eigenvalue weighted by molar-refractivity contribution is -0.0151. The molecule has 84 valence electrons. The molecular formula is C11H22ClNO. The maximum Gasteiger partial charge on any atom is 0.0749 e. The molecule has 2 nitrogen and oxygen atoms in total. The maximum absolute atomic E-state index is 6.20. The van der Waals surface area contributed by atoms with Crippen molar-refractivity contribution in [1.82, 2.24) is 4.90 Å². The molecule has 0 aromatic carbocycles. The zero-order valence-electron chi connectivity index (χ0n) is 9.72. The average Bonchev–Trinajstić information content (AvgIpc) is 2.01. The van der Waals surface area contributed by atoms with E-state index in [1.54, 1.807) is 7.11 Å². The van der Waals surface area contributed by atoms with Crippen LogP contribution in [0.4, 0.5) is 0 Å². The number of halogens is 1. The van der Waals surface area contributed by atoms with Crippen LogP contribution >= 0.6 is 11.6 Å². The Morgan fingerprint density at radius 1 is 1.43 bits per heavy atom. The Morgan fingerprint density at radius 2 is 2.07 bits per heavy atom. The Morgan fingerprint density at radius 3 is 2.57 bits per heavy atom. The number of methoxy groups -OCH3 is 1. The first kappa shape index (κ1) is 12.3. The van der Waals surface area contributed by atoms with Gasteiger partial charge in [0.1, 0.15) is 0 Å². The Hall–Kier alpha value is 0.210. The Balaban J connectivity index is 2.44. The highest BCUT2D eigenvalue weighted by atomic mass is 35.5. The number of hydrogen-bond acceptors (Lipinski definition) is 2. The van der Waals surface area contributed by atoms with Gasteiger partial charge in [0.05, 0.1) is 5.60 Å². The number of piperidine rings is 1. The number of ether oxygens (including phenoxy) is 1. The molecule has 0 aromatic heterocycles. The lowest BCUT2D eigenvalue weighted by atomic mass is 9.98. The van der Waals surface area contributed by atoms with Crippen molar-refractivity contribution in [2.24, 2.45) is 5.92 Å². The van der Waals surface area contributed by atoms with Crippen molar-refractivity contribution in [1.29, 1.82) is 0 Å². The standard InChI is InChI=1S/C11H22ClNO/c1-9-5-10(12)7-13(6-9)8-11(2,3)14-4/h9-10H,5-8H2,1-4H3. The van der Waals surface area contributed by atoms with Gasteiger partial charge in [-0.05, 0) is 26.2 Å². The number of hydrogen-bond donors (Lipinski definition) is 0. The highest BCUT2D eigenvalue weighted by molar-refractivity contribution is 6.20. The molecule has 1 rings (SSSR count). The quantitative estimate of drug-likeness (QED) is 0.676. The lowest BCUT2D eigenvalue weighted by Gasteiger charge is -2.38. The second-order valence-electron chi connectivity index (χ2n) is 5.10. The molecule has 1 saturated heterocycles. The van der Waals surface area contributed by atoms with Crippen LogP contribution < -0.4 is 0 Å². The fourth-order valence-electron chi connectivity index (χ4n) is 2.11. The summed E-state index contributed by atoms with van der Waals surface area (Å²) in [6.45, 7) is 9.62. The van der Waals surface area contributed by atoms with Crippen molar-refractivity contribution in [2.75, 3.05) is 26.7 Å². The van der Waals surface area contributed by atoms with E-state index >= 15 is 0 Å². The Bertz CT molecular complexity index is 174. The summed E-state index contributed by atoms with van der Waals surface area (Å²) in [5.41, 5.74) is -0.0618. The van der Waals surface area contributed by atoms with Crippen LogP contribution in [-0.2, 0) is 4.74 Å². The molecule has 1 fully saturated rings. The van der Waals surface area contributed by atoms with Crippen molar-refractivity contribution >= 4 is 11.6 Å². The van der Waals surface area contributed by atoms with Gasteiger partial charge in [0.2, 0.25) is 0 Å². The molecule has 2 atom stereocenters. The summed E-state index contributed by atoms with van der Waals surface area (Å²) in [7, 11) is 1.77. The molecule has 0 aliphatic carbocycles. The molecule has 0 spiro atoms. The van der Waals surface area contributed by atoms with Gasteiger partial charge in [-0.15, -0.1) is 11.6 Å². The van der Waals surface area contributed by atoms with Crippen molar-refractivity contribution < 1.29 is 4.74 Å². The van der Waals surface area contributed by atoms with Crippen LogP contribution in [0.25, 0.3) is 0 Å². The Labute approximate surface area is 92.6 Å². The second kappa shape index (κ2) is 4.82. The van der Waals surface area contributed by atoms with Gasteiger partial charge >= 0.3 is 0 Å². The van der Waals surface area contributed by atoms with Crippen LogP contribution in [0.2, 0.25) is 0 Å². The van der Waals surface area contributed by atoms with Gasteiger partial charge in [0.15, 0.2) is 0 Å². The van der Waals surface area contributed by atoms with Gasteiger partial charge in [-0.1, -0.05) is 6.92 Å². The number of rotatable bonds is 3. The summed E-state index contributed by atoms with van der Waals surface area (Å²) in [5, 5.41) is 0.311. The van der Waals surface area contributed by atoms with Crippen LogP contribution in [0, 0.1) is 5.92 Å². The topological polar surface area (TPSA) is 12.5 Å². The molecule has 14 heavy (non-hydrogen) atoms. The van der Waals surface area contributed by atoms with Gasteiger partial charge in [-0.3, -0.25) is 4.90 Å². The molecule has 1 aliphatic rings. The molecule has 0 N–H and O–H groups in total. The van der Waals surface area contributed by atoms with E-state index in [1.807, 2.05) is 0 Å². The first-order chi connectivity index (χ1) is 6.43. The number of likely N-dealkylation sites (tertiary alicyclic amines) is 1. The molecule has 3 heteroatoms. The summed E-state index contributed by atoms with van der Waals surface area (Å²) >= 11 is 6.20. The minimum atomic E-state index is -0.0618. The molecule has 0 radical (unpaired) electrons. The van der Waals surface area contributed by atoms with E-state index in [-0.39, 0.29) is 5.60 Å². The summed E-state index contributed by atoms with van der Waals surface area (Å²) < 4.78 is 5.43. The van der Waals surface area contributed by atoms with E-state index in [0.29, 0.717) is 11.3 Å². The molecule has 1 aliphatic heterocycles. The highest BCUT2D eigenvalue weighted by Gasteiger charge is 2.27. The molecule has 0 bridgehead atoms. The second-order valence-corrected chi connectivity index (χ2v) is 5.71. The van der Waals surface area contributed by atoms with Crippen LogP contribution in [0.15, 0.2) is 0 Å². The third-order valence-corrected chi connectivity index (χ3v) is 3.16. The molecule has 0 aromatic rings. The fraction of sp³-hybridized carbons (Fsp3) is 1.00. The summed E-state index contributed by atoms with van der Waals surface area (Å²) in [6.07, 6.45) is 1.14. The summed E-state index contributed by atoms with van der Waals surface area (Å²) in [4.78, 5) is 2.41. The van der Waals surface area contributed by atoms with E-state index in [4.69, 9.17) is 16.3 Å². The van der Waals surface area contributed by atoms with Crippen molar-refractivity contribution in [3.05, 3.63) is 0 Å². The van der Waals surface area contributed by atoms with E-state index < -0.39 is 0 Å². The normalized spacial score (nSPS) is 30.6. The largest absolute Gasteiger partial charge is 0.377 e. The minimum absolute atomic E-state index is 0.0618. The zero-order chi connectivity index (χ0) is 10.8. The molecule has 0 amide bonds.